The lowest BCUT2D eigenvalue weighted by atomic mass is 10.0. The molecule has 1 fully saturated rings. The Morgan fingerprint density at radius 3 is 2.40 bits per heavy atom. The fourth-order valence-corrected chi connectivity index (χ4v) is 4.49. The number of nitrogens with zero attached hydrogens (tertiary/aromatic N) is 4. The summed E-state index contributed by atoms with van der Waals surface area (Å²) >= 11 is 0. The highest BCUT2D eigenvalue weighted by Crippen LogP contribution is 2.40. The highest BCUT2D eigenvalue weighted by Gasteiger charge is 2.34. The van der Waals surface area contributed by atoms with Crippen molar-refractivity contribution in [3.8, 4) is 11.5 Å². The van der Waals surface area contributed by atoms with E-state index in [-0.39, 0.29) is 0 Å². The fraction of sp³-hybridized carbons (Fsp3) is 0.400. The van der Waals surface area contributed by atoms with E-state index < -0.39 is 0 Å². The van der Waals surface area contributed by atoms with Crippen molar-refractivity contribution in [1.82, 2.24) is 15.0 Å². The summed E-state index contributed by atoms with van der Waals surface area (Å²) < 4.78 is 0. The van der Waals surface area contributed by atoms with E-state index in [1.165, 1.54) is 24.0 Å². The molecule has 2 aliphatic rings. The maximum atomic E-state index is 4.92. The highest BCUT2D eigenvalue weighted by molar-refractivity contribution is 5.59. The molecule has 2 atom stereocenters. The molecule has 3 heterocycles. The van der Waals surface area contributed by atoms with E-state index in [1.807, 2.05) is 18.2 Å². The third-order valence-corrected chi connectivity index (χ3v) is 6.49. The third-order valence-electron chi connectivity index (χ3n) is 6.49. The lowest BCUT2D eigenvalue weighted by molar-refractivity contribution is 0.700. The molecule has 1 saturated carbocycles. The van der Waals surface area contributed by atoms with Crippen molar-refractivity contribution in [2.75, 3.05) is 29.9 Å². The smallest absolute Gasteiger partial charge is 0.182 e. The van der Waals surface area contributed by atoms with Crippen LogP contribution < -0.4 is 10.2 Å². The van der Waals surface area contributed by atoms with Gasteiger partial charge < -0.3 is 10.2 Å². The van der Waals surface area contributed by atoms with Gasteiger partial charge in [-0.2, -0.15) is 0 Å². The van der Waals surface area contributed by atoms with E-state index >= 15 is 0 Å². The van der Waals surface area contributed by atoms with Crippen LogP contribution in [0.3, 0.4) is 0 Å². The normalized spacial score (nSPS) is 20.4. The Morgan fingerprint density at radius 1 is 0.967 bits per heavy atom. The van der Waals surface area contributed by atoms with Gasteiger partial charge in [-0.3, -0.25) is 4.98 Å². The van der Waals surface area contributed by atoms with Crippen LogP contribution in [0.5, 0.6) is 0 Å². The average molecular weight is 400 g/mol. The number of pyridine rings is 1. The number of fused-ring (bicyclic) bond motifs is 1. The van der Waals surface area contributed by atoms with Gasteiger partial charge in [0, 0.05) is 31.9 Å². The number of rotatable bonds is 6. The van der Waals surface area contributed by atoms with E-state index in [4.69, 9.17) is 9.97 Å². The molecule has 0 radical (unpaired) electrons. The average Bonchev–Trinajstić information content (AvgIpc) is 3.60. The first-order chi connectivity index (χ1) is 14.8. The number of nitrogens with one attached hydrogen (secondary N) is 1. The Labute approximate surface area is 178 Å². The van der Waals surface area contributed by atoms with Crippen molar-refractivity contribution in [3.63, 3.8) is 0 Å². The number of anilines is 2. The summed E-state index contributed by atoms with van der Waals surface area (Å²) in [5, 5.41) is 3.59. The first-order valence-electron chi connectivity index (χ1n) is 11.2. The lowest BCUT2D eigenvalue weighted by Crippen LogP contribution is -2.27. The van der Waals surface area contributed by atoms with Crippen molar-refractivity contribution in [3.05, 3.63) is 65.9 Å². The second kappa shape index (κ2) is 8.42. The molecule has 5 heteroatoms. The van der Waals surface area contributed by atoms with Gasteiger partial charge in [0.05, 0.1) is 0 Å². The molecular weight excluding hydrogens is 370 g/mol. The Morgan fingerprint density at radius 2 is 1.73 bits per heavy atom. The van der Waals surface area contributed by atoms with Crippen LogP contribution in [0.2, 0.25) is 0 Å². The molecule has 2 aromatic heterocycles. The standard InChI is InChI=1S/C25H29N5/c1-2-18-15-21(18)17-27-23-16-24(29-25(28-23)22-9-5-6-12-26-22)30-13-10-19-7-3-4-8-20(19)11-14-30/h3-9,12,16,18,21H,2,10-11,13-15,17H2,1H3,(H,27,28,29). The van der Waals surface area contributed by atoms with E-state index in [9.17, 15) is 0 Å². The van der Waals surface area contributed by atoms with Gasteiger partial charge in [-0.25, -0.2) is 9.97 Å². The minimum atomic E-state index is 0.695. The first kappa shape index (κ1) is 19.0. The fourth-order valence-electron chi connectivity index (χ4n) is 4.49. The molecule has 1 aliphatic carbocycles. The van der Waals surface area contributed by atoms with Gasteiger partial charge in [0.25, 0.3) is 0 Å². The predicted octanol–water partition coefficient (Wildman–Crippen LogP) is 4.60. The lowest BCUT2D eigenvalue weighted by Gasteiger charge is -2.22. The minimum Gasteiger partial charge on any atom is -0.370 e. The molecule has 0 amide bonds. The monoisotopic (exact) mass is 399 g/mol. The first-order valence-corrected chi connectivity index (χ1v) is 11.2. The predicted molar refractivity (Wildman–Crippen MR) is 122 cm³/mol. The molecule has 1 aliphatic heterocycles. The van der Waals surface area contributed by atoms with Crippen molar-refractivity contribution >= 4 is 11.6 Å². The molecule has 1 N–H and O–H groups in total. The van der Waals surface area contributed by atoms with Gasteiger partial charge in [0.2, 0.25) is 0 Å². The van der Waals surface area contributed by atoms with E-state index in [0.29, 0.717) is 5.82 Å². The molecule has 1 aromatic carbocycles. The quantitative estimate of drug-likeness (QED) is 0.656. The molecule has 0 saturated heterocycles. The number of hydrogen-bond donors (Lipinski definition) is 1. The van der Waals surface area contributed by atoms with Gasteiger partial charge >= 0.3 is 0 Å². The molecule has 3 aromatic rings. The zero-order chi connectivity index (χ0) is 20.3. The zero-order valence-electron chi connectivity index (χ0n) is 17.6. The minimum absolute atomic E-state index is 0.695. The summed E-state index contributed by atoms with van der Waals surface area (Å²) in [5.41, 5.74) is 3.73. The summed E-state index contributed by atoms with van der Waals surface area (Å²) in [4.78, 5) is 16.6. The Kier molecular flexibility index (Phi) is 5.35. The summed E-state index contributed by atoms with van der Waals surface area (Å²) in [6.07, 6.45) is 6.50. The van der Waals surface area contributed by atoms with Crippen LogP contribution in [0.4, 0.5) is 11.6 Å². The van der Waals surface area contributed by atoms with Crippen LogP contribution in [0.25, 0.3) is 11.5 Å². The van der Waals surface area contributed by atoms with Crippen LogP contribution in [0, 0.1) is 11.8 Å². The SMILES string of the molecule is CCC1CC1CNc1cc(N2CCc3ccccc3CC2)nc(-c2ccccn2)n1. The summed E-state index contributed by atoms with van der Waals surface area (Å²) in [6, 6.07) is 16.8. The Balaban J connectivity index is 1.41. The second-order valence-electron chi connectivity index (χ2n) is 8.45. The molecule has 5 rings (SSSR count). The van der Waals surface area contributed by atoms with Crippen LogP contribution in [-0.4, -0.2) is 34.6 Å². The van der Waals surface area contributed by atoms with Gasteiger partial charge in [-0.15, -0.1) is 0 Å². The van der Waals surface area contributed by atoms with E-state index in [2.05, 4.69) is 52.5 Å². The molecule has 0 bridgehead atoms. The maximum absolute atomic E-state index is 4.92. The number of benzene rings is 1. The van der Waals surface area contributed by atoms with Crippen molar-refractivity contribution in [2.24, 2.45) is 11.8 Å². The molecule has 0 spiro atoms. The zero-order valence-corrected chi connectivity index (χ0v) is 17.6. The van der Waals surface area contributed by atoms with Gasteiger partial charge in [-0.05, 0) is 54.4 Å². The maximum Gasteiger partial charge on any atom is 0.182 e. The largest absolute Gasteiger partial charge is 0.370 e. The molecule has 30 heavy (non-hydrogen) atoms. The summed E-state index contributed by atoms with van der Waals surface area (Å²) in [7, 11) is 0. The van der Waals surface area contributed by atoms with Crippen LogP contribution in [0.15, 0.2) is 54.7 Å². The topological polar surface area (TPSA) is 53.9 Å². The van der Waals surface area contributed by atoms with Crippen molar-refractivity contribution < 1.29 is 0 Å². The molecule has 5 nitrogen and oxygen atoms in total. The number of hydrogen-bond acceptors (Lipinski definition) is 5. The summed E-state index contributed by atoms with van der Waals surface area (Å²) in [6.45, 7) is 5.21. The van der Waals surface area contributed by atoms with Gasteiger partial charge in [0.1, 0.15) is 17.3 Å². The third kappa shape index (κ3) is 4.16. The van der Waals surface area contributed by atoms with Gasteiger partial charge in [0.15, 0.2) is 5.82 Å². The van der Waals surface area contributed by atoms with Crippen LogP contribution in [-0.2, 0) is 12.8 Å². The van der Waals surface area contributed by atoms with E-state index in [1.54, 1.807) is 6.20 Å². The molecule has 154 valence electrons. The Bertz CT molecular complexity index is 976. The van der Waals surface area contributed by atoms with Gasteiger partial charge in [-0.1, -0.05) is 43.7 Å². The Hall–Kier alpha value is -2.95. The highest BCUT2D eigenvalue weighted by atomic mass is 15.2. The number of aromatic nitrogens is 3. The van der Waals surface area contributed by atoms with Crippen LogP contribution >= 0.6 is 0 Å². The van der Waals surface area contributed by atoms with Crippen molar-refractivity contribution in [2.45, 2.75) is 32.6 Å². The van der Waals surface area contributed by atoms with E-state index in [0.717, 1.165) is 61.6 Å². The second-order valence-corrected chi connectivity index (χ2v) is 8.45. The molecular formula is C25H29N5. The summed E-state index contributed by atoms with van der Waals surface area (Å²) in [5.74, 6) is 4.24. The van der Waals surface area contributed by atoms with Crippen molar-refractivity contribution in [1.29, 1.82) is 0 Å². The molecule has 2 unspecified atom stereocenters. The van der Waals surface area contributed by atoms with Crippen LogP contribution in [0.1, 0.15) is 30.9 Å².